The van der Waals surface area contributed by atoms with Crippen molar-refractivity contribution < 1.29 is 17.4 Å². The summed E-state index contributed by atoms with van der Waals surface area (Å²) in [6, 6.07) is 17.8. The summed E-state index contributed by atoms with van der Waals surface area (Å²) >= 11 is 6.21. The number of hydrogen-bond donors (Lipinski definition) is 1. The van der Waals surface area contributed by atoms with Crippen LogP contribution in [0, 0.1) is 32.1 Å². The van der Waals surface area contributed by atoms with E-state index >= 15 is 0 Å². The van der Waals surface area contributed by atoms with Crippen molar-refractivity contribution in [2.75, 3.05) is 5.32 Å². The van der Waals surface area contributed by atoms with Gasteiger partial charge in [0, 0.05) is 5.69 Å². The van der Waals surface area contributed by atoms with Gasteiger partial charge in [-0.25, -0.2) is 0 Å². The topological polar surface area (TPSA) is 96.3 Å². The molecule has 6 nitrogen and oxygen atoms in total. The average molecular weight is 481 g/mol. The van der Waals surface area contributed by atoms with E-state index in [4.69, 9.17) is 15.8 Å². The third kappa shape index (κ3) is 6.01. The van der Waals surface area contributed by atoms with E-state index in [0.717, 1.165) is 16.7 Å². The number of hydrogen-bond acceptors (Lipinski definition) is 5. The van der Waals surface area contributed by atoms with Crippen molar-refractivity contribution in [2.45, 2.75) is 25.7 Å². The largest absolute Gasteiger partial charge is 0.377 e. The predicted octanol–water partition coefficient (Wildman–Crippen LogP) is 5.58. The lowest BCUT2D eigenvalue weighted by atomic mass is 10.1. The van der Waals surface area contributed by atoms with Crippen molar-refractivity contribution in [1.82, 2.24) is 0 Å². The minimum absolute atomic E-state index is 0.00270. The van der Waals surface area contributed by atoms with E-state index in [-0.39, 0.29) is 21.2 Å². The number of anilines is 1. The van der Waals surface area contributed by atoms with Crippen LogP contribution in [0.5, 0.6) is 5.75 Å². The van der Waals surface area contributed by atoms with Gasteiger partial charge in [0.15, 0.2) is 5.75 Å². The Bertz CT molecular complexity index is 1390. The van der Waals surface area contributed by atoms with E-state index in [9.17, 15) is 18.5 Å². The Morgan fingerprint density at radius 1 is 1.00 bits per heavy atom. The Kier molecular flexibility index (Phi) is 7.22. The Balaban J connectivity index is 1.80. The first kappa shape index (κ1) is 24.1. The second kappa shape index (κ2) is 9.90. The molecular weight excluding hydrogens is 460 g/mol. The quantitative estimate of drug-likeness (QED) is 0.282. The fourth-order valence-electron chi connectivity index (χ4n) is 2.88. The van der Waals surface area contributed by atoms with E-state index in [1.165, 1.54) is 36.4 Å². The van der Waals surface area contributed by atoms with Gasteiger partial charge in [-0.15, -0.1) is 0 Å². The van der Waals surface area contributed by atoms with Gasteiger partial charge < -0.3 is 9.50 Å². The molecule has 0 aromatic heterocycles. The molecule has 0 bridgehead atoms. The van der Waals surface area contributed by atoms with Gasteiger partial charge in [0.25, 0.3) is 5.91 Å². The number of carbonyl (C=O) groups excluding carboxylic acids is 1. The summed E-state index contributed by atoms with van der Waals surface area (Å²) in [5.74, 6) is -0.633. The normalized spacial score (nSPS) is 11.5. The maximum atomic E-state index is 12.5. The number of amides is 1. The lowest BCUT2D eigenvalue weighted by Gasteiger charge is -2.10. The van der Waals surface area contributed by atoms with Crippen LogP contribution < -0.4 is 9.50 Å². The SMILES string of the molecule is Cc1ccc(S(=O)(=O)Oc2ccc(/C=C(\C#N)C(=O)Nc3ccc(C)c(C)c3)cc2Cl)cc1. The Morgan fingerprint density at radius 2 is 1.70 bits per heavy atom. The van der Waals surface area contributed by atoms with Crippen LogP contribution >= 0.6 is 11.6 Å². The molecule has 0 fully saturated rings. The molecule has 3 rings (SSSR count). The number of nitrogens with one attached hydrogen (secondary N) is 1. The third-order valence-electron chi connectivity index (χ3n) is 4.91. The summed E-state index contributed by atoms with van der Waals surface area (Å²) in [5.41, 5.74) is 3.89. The predicted molar refractivity (Wildman–Crippen MR) is 129 cm³/mol. The maximum Gasteiger partial charge on any atom is 0.339 e. The molecule has 0 saturated heterocycles. The van der Waals surface area contributed by atoms with Gasteiger partial charge in [0.1, 0.15) is 16.5 Å². The highest BCUT2D eigenvalue weighted by Crippen LogP contribution is 2.29. The molecule has 0 spiro atoms. The summed E-state index contributed by atoms with van der Waals surface area (Å²) in [5, 5.41) is 12.2. The monoisotopic (exact) mass is 480 g/mol. The van der Waals surface area contributed by atoms with E-state index in [0.29, 0.717) is 11.3 Å². The van der Waals surface area contributed by atoms with Gasteiger partial charge in [-0.1, -0.05) is 41.4 Å². The molecule has 0 aliphatic rings. The van der Waals surface area contributed by atoms with Gasteiger partial charge in [0.05, 0.1) is 5.02 Å². The van der Waals surface area contributed by atoms with Crippen molar-refractivity contribution in [3.8, 4) is 11.8 Å². The van der Waals surface area contributed by atoms with Crippen molar-refractivity contribution in [3.05, 3.63) is 93.5 Å². The molecule has 0 aliphatic heterocycles. The van der Waals surface area contributed by atoms with Crippen LogP contribution in [-0.4, -0.2) is 14.3 Å². The minimum atomic E-state index is -4.06. The van der Waals surface area contributed by atoms with Crippen LogP contribution in [-0.2, 0) is 14.9 Å². The van der Waals surface area contributed by atoms with E-state index in [1.54, 1.807) is 18.2 Å². The summed E-state index contributed by atoms with van der Waals surface area (Å²) in [7, 11) is -4.06. The molecule has 1 N–H and O–H groups in total. The van der Waals surface area contributed by atoms with Crippen molar-refractivity contribution in [1.29, 1.82) is 5.26 Å². The number of halogens is 1. The van der Waals surface area contributed by atoms with Gasteiger partial charge in [0.2, 0.25) is 0 Å². The standard InChI is InChI=1S/C25H21ClN2O4S/c1-16-4-9-22(10-5-16)33(30,31)32-24-11-7-19(14-23(24)26)13-20(15-27)25(29)28-21-8-6-17(2)18(3)12-21/h4-14H,1-3H3,(H,28,29)/b20-13+. The summed E-state index contributed by atoms with van der Waals surface area (Å²) in [6.45, 7) is 5.74. The minimum Gasteiger partial charge on any atom is -0.377 e. The van der Waals surface area contributed by atoms with Crippen LogP contribution in [0.25, 0.3) is 6.08 Å². The molecule has 8 heteroatoms. The number of nitriles is 1. The van der Waals surface area contributed by atoms with Crippen LogP contribution in [0.15, 0.2) is 71.1 Å². The highest BCUT2D eigenvalue weighted by molar-refractivity contribution is 7.87. The van der Waals surface area contributed by atoms with Crippen LogP contribution in [0.1, 0.15) is 22.3 Å². The molecule has 0 radical (unpaired) electrons. The molecule has 0 unspecified atom stereocenters. The Labute approximate surface area is 198 Å². The van der Waals surface area contributed by atoms with Crippen LogP contribution in [0.2, 0.25) is 5.02 Å². The first-order valence-corrected chi connectivity index (χ1v) is 11.7. The molecule has 3 aromatic rings. The number of nitrogens with zero attached hydrogens (tertiary/aromatic N) is 1. The maximum absolute atomic E-state index is 12.5. The first-order chi connectivity index (χ1) is 15.6. The van der Waals surface area contributed by atoms with Crippen LogP contribution in [0.3, 0.4) is 0 Å². The Morgan fingerprint density at radius 3 is 2.30 bits per heavy atom. The zero-order valence-corrected chi connectivity index (χ0v) is 19.8. The summed E-state index contributed by atoms with van der Waals surface area (Å²) in [6.07, 6.45) is 1.36. The fraction of sp³-hybridized carbons (Fsp3) is 0.120. The highest BCUT2D eigenvalue weighted by Gasteiger charge is 2.18. The third-order valence-corrected chi connectivity index (χ3v) is 6.45. The van der Waals surface area contributed by atoms with Crippen LogP contribution in [0.4, 0.5) is 5.69 Å². The van der Waals surface area contributed by atoms with Gasteiger partial charge >= 0.3 is 10.1 Å². The molecule has 0 saturated carbocycles. The van der Waals surface area contributed by atoms with Gasteiger partial charge in [-0.05, 0) is 79.9 Å². The zero-order valence-electron chi connectivity index (χ0n) is 18.2. The smallest absolute Gasteiger partial charge is 0.339 e. The zero-order chi connectivity index (χ0) is 24.2. The molecule has 0 aliphatic carbocycles. The van der Waals surface area contributed by atoms with Gasteiger partial charge in [-0.2, -0.15) is 13.7 Å². The molecule has 1 amide bonds. The summed E-state index contributed by atoms with van der Waals surface area (Å²) < 4.78 is 30.2. The van der Waals surface area contributed by atoms with Crippen molar-refractivity contribution >= 4 is 39.4 Å². The number of benzene rings is 3. The van der Waals surface area contributed by atoms with Gasteiger partial charge in [-0.3, -0.25) is 4.79 Å². The first-order valence-electron chi connectivity index (χ1n) is 9.90. The number of carbonyl (C=O) groups is 1. The molecular formula is C25H21ClN2O4S. The molecule has 168 valence electrons. The van der Waals surface area contributed by atoms with E-state index in [1.807, 2.05) is 39.0 Å². The van der Waals surface area contributed by atoms with E-state index < -0.39 is 16.0 Å². The lowest BCUT2D eigenvalue weighted by Crippen LogP contribution is -2.13. The average Bonchev–Trinajstić information content (AvgIpc) is 2.76. The molecule has 0 heterocycles. The number of aryl methyl sites for hydroxylation is 3. The lowest BCUT2D eigenvalue weighted by molar-refractivity contribution is -0.112. The van der Waals surface area contributed by atoms with Crippen molar-refractivity contribution in [2.24, 2.45) is 0 Å². The number of rotatable bonds is 6. The fourth-order valence-corrected chi connectivity index (χ4v) is 4.10. The summed E-state index contributed by atoms with van der Waals surface area (Å²) in [4.78, 5) is 12.5. The molecule has 33 heavy (non-hydrogen) atoms. The van der Waals surface area contributed by atoms with Crippen molar-refractivity contribution in [3.63, 3.8) is 0 Å². The second-order valence-electron chi connectivity index (χ2n) is 7.46. The Hall–Kier alpha value is -3.60. The highest BCUT2D eigenvalue weighted by atomic mass is 35.5. The van der Waals surface area contributed by atoms with E-state index in [2.05, 4.69) is 5.32 Å². The molecule has 3 aromatic carbocycles. The second-order valence-corrected chi connectivity index (χ2v) is 9.42. The molecule has 0 atom stereocenters.